The minimum Gasteiger partial charge on any atom is -0.492 e. The van der Waals surface area contributed by atoms with Gasteiger partial charge in [-0.3, -0.25) is 14.4 Å². The lowest BCUT2D eigenvalue weighted by Gasteiger charge is -2.23. The fraction of sp³-hybridized carbons (Fsp3) is 0.286. The van der Waals surface area contributed by atoms with Crippen LogP contribution in [0.1, 0.15) is 20.3 Å². The van der Waals surface area contributed by atoms with Gasteiger partial charge in [0.05, 0.1) is 29.7 Å². The Bertz CT molecular complexity index is 917. The Balaban J connectivity index is 1.55. The summed E-state index contributed by atoms with van der Waals surface area (Å²) in [4.78, 5) is 37.8. The molecule has 0 saturated carbocycles. The molecule has 2 aromatic carbocycles. The molecule has 0 aromatic heterocycles. The molecule has 8 heteroatoms. The second kappa shape index (κ2) is 9.47. The van der Waals surface area contributed by atoms with E-state index in [1.807, 2.05) is 25.1 Å². The van der Waals surface area contributed by atoms with Gasteiger partial charge in [-0.05, 0) is 38.1 Å². The van der Waals surface area contributed by atoms with E-state index in [0.29, 0.717) is 18.0 Å². The van der Waals surface area contributed by atoms with Crippen LogP contribution in [0.2, 0.25) is 0 Å². The van der Waals surface area contributed by atoms with E-state index in [2.05, 4.69) is 10.6 Å². The summed E-state index contributed by atoms with van der Waals surface area (Å²) in [5.41, 5.74) is 1.23. The van der Waals surface area contributed by atoms with Gasteiger partial charge in [-0.25, -0.2) is 0 Å². The van der Waals surface area contributed by atoms with Crippen molar-refractivity contribution in [1.29, 1.82) is 0 Å². The van der Waals surface area contributed by atoms with Gasteiger partial charge < -0.3 is 20.1 Å². The van der Waals surface area contributed by atoms with Crippen LogP contribution < -0.4 is 15.4 Å². The monoisotopic (exact) mass is 414 g/mol. The minimum atomic E-state index is -1.01. The maximum absolute atomic E-state index is 12.4. The van der Waals surface area contributed by atoms with Crippen molar-refractivity contribution in [3.8, 4) is 5.75 Å². The van der Waals surface area contributed by atoms with Crippen LogP contribution in [0.25, 0.3) is 0 Å². The molecule has 2 N–H and O–H groups in total. The van der Waals surface area contributed by atoms with Gasteiger partial charge in [0.2, 0.25) is 5.91 Å². The van der Waals surface area contributed by atoms with Crippen molar-refractivity contribution in [2.75, 3.05) is 17.2 Å². The average Bonchev–Trinajstić information content (AvgIpc) is 2.70. The van der Waals surface area contributed by atoms with E-state index in [0.717, 1.165) is 10.6 Å². The molecule has 2 amide bonds. The summed E-state index contributed by atoms with van der Waals surface area (Å²) in [7, 11) is 0. The van der Waals surface area contributed by atoms with E-state index in [1.165, 1.54) is 18.7 Å². The predicted molar refractivity (Wildman–Crippen MR) is 111 cm³/mol. The molecule has 1 aliphatic heterocycles. The maximum Gasteiger partial charge on any atom is 0.308 e. The highest BCUT2D eigenvalue weighted by atomic mass is 32.2. The third-order valence-electron chi connectivity index (χ3n) is 4.18. The summed E-state index contributed by atoms with van der Waals surface area (Å²) in [6.45, 7) is 3.79. The fourth-order valence-electron chi connectivity index (χ4n) is 2.76. The summed E-state index contributed by atoms with van der Waals surface area (Å²) in [5.74, 6) is -0.807. The van der Waals surface area contributed by atoms with Crippen LogP contribution in [0.3, 0.4) is 0 Å². The first-order valence-electron chi connectivity index (χ1n) is 9.26. The normalized spacial score (nSPS) is 16.2. The van der Waals surface area contributed by atoms with Gasteiger partial charge in [-0.15, -0.1) is 11.8 Å². The first-order valence-corrected chi connectivity index (χ1v) is 10.1. The number of para-hydroxylation sites is 3. The standard InChI is InChI=1S/C21H22N2O5S/c1-3-27-16-10-6-4-8-14(16)22-20(25)13(2)28-19(24)12-18-21(26)23-15-9-5-7-11-17(15)29-18/h4-11,13,18H,3,12H2,1-2H3,(H,22,25)(H,23,26)/t13-,18+/m1/s1. The third kappa shape index (κ3) is 5.29. The number of carbonyl (C=O) groups excluding carboxylic acids is 3. The summed E-state index contributed by atoms with van der Waals surface area (Å²) in [5, 5.41) is 4.88. The molecule has 0 spiro atoms. The minimum absolute atomic E-state index is 0.127. The smallest absolute Gasteiger partial charge is 0.308 e. The topological polar surface area (TPSA) is 93.7 Å². The summed E-state index contributed by atoms with van der Waals surface area (Å²) in [6.07, 6.45) is -1.14. The van der Waals surface area contributed by atoms with Crippen LogP contribution in [0.15, 0.2) is 53.4 Å². The average molecular weight is 414 g/mol. The Labute approximate surface area is 173 Å². The van der Waals surface area contributed by atoms with Crippen molar-refractivity contribution in [3.05, 3.63) is 48.5 Å². The molecule has 1 aliphatic rings. The van der Waals surface area contributed by atoms with Gasteiger partial charge in [-0.1, -0.05) is 24.3 Å². The summed E-state index contributed by atoms with van der Waals surface area (Å²) in [6, 6.07) is 14.4. The van der Waals surface area contributed by atoms with Gasteiger partial charge in [0.25, 0.3) is 5.91 Å². The summed E-state index contributed by atoms with van der Waals surface area (Å²) < 4.78 is 10.7. The predicted octanol–water partition coefficient (Wildman–Crippen LogP) is 3.46. The number of ether oxygens (including phenoxy) is 2. The Morgan fingerprint density at radius 3 is 2.69 bits per heavy atom. The molecule has 2 atom stereocenters. The van der Waals surface area contributed by atoms with Crippen LogP contribution in [0.5, 0.6) is 5.75 Å². The number of carbonyl (C=O) groups is 3. The lowest BCUT2D eigenvalue weighted by atomic mass is 10.2. The summed E-state index contributed by atoms with van der Waals surface area (Å²) >= 11 is 1.31. The first-order chi connectivity index (χ1) is 14.0. The van der Waals surface area contributed by atoms with Crippen molar-refractivity contribution in [3.63, 3.8) is 0 Å². The molecule has 0 radical (unpaired) electrons. The molecule has 29 heavy (non-hydrogen) atoms. The number of fused-ring (bicyclic) bond motifs is 1. The van der Waals surface area contributed by atoms with Gasteiger partial charge in [-0.2, -0.15) is 0 Å². The lowest BCUT2D eigenvalue weighted by Crippen LogP contribution is -2.34. The van der Waals surface area contributed by atoms with Gasteiger partial charge in [0.1, 0.15) is 5.75 Å². The lowest BCUT2D eigenvalue weighted by molar-refractivity contribution is -0.153. The molecule has 152 valence electrons. The molecule has 2 aromatic rings. The molecule has 1 heterocycles. The SMILES string of the molecule is CCOc1ccccc1NC(=O)[C@@H](C)OC(=O)C[C@@H]1Sc2ccccc2NC1=O. The molecule has 3 rings (SSSR count). The van der Waals surface area contributed by atoms with Crippen LogP contribution in [-0.2, 0) is 19.1 Å². The number of anilines is 2. The van der Waals surface area contributed by atoms with Crippen LogP contribution in [-0.4, -0.2) is 35.7 Å². The largest absolute Gasteiger partial charge is 0.492 e. The Morgan fingerprint density at radius 1 is 1.17 bits per heavy atom. The van der Waals surface area contributed by atoms with Crippen molar-refractivity contribution in [2.45, 2.75) is 36.5 Å². The quantitative estimate of drug-likeness (QED) is 0.674. The molecule has 7 nitrogen and oxygen atoms in total. The Morgan fingerprint density at radius 2 is 1.90 bits per heavy atom. The molecule has 0 saturated heterocycles. The van der Waals surface area contributed by atoms with Gasteiger partial charge in [0, 0.05) is 4.90 Å². The number of esters is 1. The van der Waals surface area contributed by atoms with Crippen LogP contribution in [0.4, 0.5) is 11.4 Å². The molecular formula is C21H22N2O5S. The van der Waals surface area contributed by atoms with Gasteiger partial charge in [0.15, 0.2) is 6.10 Å². The maximum atomic E-state index is 12.4. The number of nitrogens with one attached hydrogen (secondary N) is 2. The number of hydrogen-bond acceptors (Lipinski definition) is 6. The van der Waals surface area contributed by atoms with E-state index in [-0.39, 0.29) is 12.3 Å². The van der Waals surface area contributed by atoms with Gasteiger partial charge >= 0.3 is 5.97 Å². The van der Waals surface area contributed by atoms with Crippen LogP contribution >= 0.6 is 11.8 Å². The van der Waals surface area contributed by atoms with Crippen molar-refractivity contribution in [2.24, 2.45) is 0 Å². The zero-order chi connectivity index (χ0) is 20.8. The molecule has 0 unspecified atom stereocenters. The highest BCUT2D eigenvalue weighted by molar-refractivity contribution is 8.01. The van der Waals surface area contributed by atoms with Crippen molar-refractivity contribution >= 4 is 40.9 Å². The zero-order valence-corrected chi connectivity index (χ0v) is 17.0. The van der Waals surface area contributed by atoms with Crippen molar-refractivity contribution in [1.82, 2.24) is 0 Å². The highest BCUT2D eigenvalue weighted by Crippen LogP contribution is 2.36. The number of benzene rings is 2. The molecule has 0 fully saturated rings. The second-order valence-corrected chi connectivity index (χ2v) is 7.59. The first kappa shape index (κ1) is 20.7. The van der Waals surface area contributed by atoms with Crippen LogP contribution in [0, 0.1) is 0 Å². The van der Waals surface area contributed by atoms with Crippen molar-refractivity contribution < 1.29 is 23.9 Å². The van der Waals surface area contributed by atoms with E-state index < -0.39 is 23.2 Å². The number of thioether (sulfide) groups is 1. The highest BCUT2D eigenvalue weighted by Gasteiger charge is 2.30. The zero-order valence-electron chi connectivity index (χ0n) is 16.1. The third-order valence-corrected chi connectivity index (χ3v) is 5.46. The van der Waals surface area contributed by atoms with E-state index in [4.69, 9.17) is 9.47 Å². The molecule has 0 bridgehead atoms. The Kier molecular flexibility index (Phi) is 6.77. The Hall–Kier alpha value is -3.00. The van der Waals surface area contributed by atoms with E-state index in [9.17, 15) is 14.4 Å². The fourth-order valence-corrected chi connectivity index (χ4v) is 3.86. The second-order valence-electron chi connectivity index (χ2n) is 6.35. The molecular weight excluding hydrogens is 392 g/mol. The number of rotatable bonds is 7. The van der Waals surface area contributed by atoms with E-state index in [1.54, 1.807) is 30.3 Å². The number of amides is 2. The van der Waals surface area contributed by atoms with E-state index >= 15 is 0 Å². The molecule has 0 aliphatic carbocycles. The number of hydrogen-bond donors (Lipinski definition) is 2.